The Balaban J connectivity index is 2.23. The van der Waals surface area contributed by atoms with Gasteiger partial charge in [0.05, 0.1) is 12.3 Å². The number of hydrogen-bond donors (Lipinski definition) is 0. The van der Waals surface area contributed by atoms with Crippen molar-refractivity contribution in [3.63, 3.8) is 0 Å². The minimum Gasteiger partial charge on any atom is -0.309 e. The number of hydrogen-bond acceptors (Lipinski definition) is 2. The second-order valence-corrected chi connectivity index (χ2v) is 9.95. The molecule has 0 heterocycles. The van der Waals surface area contributed by atoms with Gasteiger partial charge in [-0.25, -0.2) is 9.24 Å². The molecule has 3 aromatic rings. The van der Waals surface area contributed by atoms with Crippen LogP contribution in [0, 0.1) is 23.7 Å². The predicted octanol–water partition coefficient (Wildman–Crippen LogP) is 8.31. The summed E-state index contributed by atoms with van der Waals surface area (Å²) >= 11 is 0. The maximum absolute atomic E-state index is 14.9. The van der Waals surface area contributed by atoms with Gasteiger partial charge in [-0.3, -0.25) is 0 Å². The van der Waals surface area contributed by atoms with Crippen LogP contribution < -0.4 is 4.90 Å². The van der Waals surface area contributed by atoms with Crippen molar-refractivity contribution in [1.29, 1.82) is 5.26 Å². The first kappa shape index (κ1) is 23.0. The van der Waals surface area contributed by atoms with Gasteiger partial charge in [0.25, 0.3) is 0 Å². The van der Waals surface area contributed by atoms with E-state index in [-0.39, 0.29) is 22.1 Å². The van der Waals surface area contributed by atoms with Crippen molar-refractivity contribution < 1.29 is 4.39 Å². The fourth-order valence-electron chi connectivity index (χ4n) is 3.58. The van der Waals surface area contributed by atoms with Crippen LogP contribution in [-0.2, 0) is 10.8 Å². The highest BCUT2D eigenvalue weighted by atomic mass is 19.1. The van der Waals surface area contributed by atoms with Crippen molar-refractivity contribution in [2.45, 2.75) is 52.4 Å². The Hall–Kier alpha value is -3.63. The molecule has 0 atom stereocenters. The van der Waals surface area contributed by atoms with Crippen molar-refractivity contribution in [3.8, 4) is 6.07 Å². The molecule has 0 fully saturated rings. The second-order valence-electron chi connectivity index (χ2n) is 9.95. The summed E-state index contributed by atoms with van der Waals surface area (Å²) in [6.45, 7) is 20.1. The summed E-state index contributed by atoms with van der Waals surface area (Å²) in [4.78, 5) is 5.08. The number of nitriles is 1. The van der Waals surface area contributed by atoms with Crippen molar-refractivity contribution in [1.82, 2.24) is 0 Å². The Morgan fingerprint density at radius 3 is 1.56 bits per heavy atom. The molecule has 0 saturated heterocycles. The van der Waals surface area contributed by atoms with E-state index in [1.807, 2.05) is 35.2 Å². The quantitative estimate of drug-likeness (QED) is 0.395. The summed E-state index contributed by atoms with van der Waals surface area (Å²) in [7, 11) is 0. The third kappa shape index (κ3) is 4.51. The topological polar surface area (TPSA) is 31.4 Å². The Labute approximate surface area is 190 Å². The minimum absolute atomic E-state index is 0.00107. The highest BCUT2D eigenvalue weighted by molar-refractivity contribution is 5.82. The molecule has 0 bridgehead atoms. The molecule has 3 nitrogen and oxygen atoms in total. The van der Waals surface area contributed by atoms with E-state index in [0.29, 0.717) is 5.69 Å². The number of benzene rings is 3. The number of halogens is 1. The lowest BCUT2D eigenvalue weighted by molar-refractivity contribution is 0.590. The Morgan fingerprint density at radius 1 is 0.781 bits per heavy atom. The minimum atomic E-state index is -0.789. The smallest absolute Gasteiger partial charge is 0.223 e. The third-order valence-electron chi connectivity index (χ3n) is 5.56. The summed E-state index contributed by atoms with van der Waals surface area (Å²) in [5, 5.41) is 9.74. The molecule has 0 spiro atoms. The van der Waals surface area contributed by atoms with Crippen molar-refractivity contribution in [2.75, 3.05) is 4.90 Å². The van der Waals surface area contributed by atoms with Gasteiger partial charge in [-0.1, -0.05) is 71.9 Å². The van der Waals surface area contributed by atoms with E-state index in [9.17, 15) is 9.65 Å². The van der Waals surface area contributed by atoms with E-state index < -0.39 is 5.82 Å². The van der Waals surface area contributed by atoms with E-state index in [0.717, 1.165) is 11.4 Å². The van der Waals surface area contributed by atoms with Gasteiger partial charge in [-0.2, -0.15) is 5.26 Å². The molecular formula is C28H28FN3. The summed E-state index contributed by atoms with van der Waals surface area (Å²) in [6.07, 6.45) is 0. The van der Waals surface area contributed by atoms with Gasteiger partial charge >= 0.3 is 0 Å². The van der Waals surface area contributed by atoms with Gasteiger partial charge in [0.15, 0.2) is 0 Å². The Bertz CT molecular complexity index is 1140. The molecule has 0 amide bonds. The standard InChI is InChI=1S/C28H28FN3/c1-27(2,3)19-8-12-21(13-9-19)32(22-14-10-20(11-15-22)28(4,5)6)25-17-16-24(31-7)26(29)23(25)18-30/h8-17H,1-6H3. The zero-order chi connectivity index (χ0) is 23.7. The molecule has 0 radical (unpaired) electrons. The van der Waals surface area contributed by atoms with Gasteiger partial charge in [0.1, 0.15) is 17.4 Å². The average Bonchev–Trinajstić information content (AvgIpc) is 2.74. The maximum atomic E-state index is 14.9. The molecule has 4 heteroatoms. The molecule has 0 saturated carbocycles. The molecule has 0 unspecified atom stereocenters. The van der Waals surface area contributed by atoms with Crippen LogP contribution in [0.2, 0.25) is 0 Å². The van der Waals surface area contributed by atoms with Gasteiger partial charge in [-0.15, -0.1) is 0 Å². The van der Waals surface area contributed by atoms with Crippen molar-refractivity contribution in [2.24, 2.45) is 0 Å². The SMILES string of the molecule is [C-]#[N+]c1ccc(N(c2ccc(C(C)(C)C)cc2)c2ccc(C(C)(C)C)cc2)c(C#N)c1F. The largest absolute Gasteiger partial charge is 0.309 e. The second kappa shape index (κ2) is 8.48. The zero-order valence-corrected chi connectivity index (χ0v) is 19.5. The van der Waals surface area contributed by atoms with Gasteiger partial charge in [0, 0.05) is 11.4 Å². The fourth-order valence-corrected chi connectivity index (χ4v) is 3.58. The number of rotatable bonds is 3. The summed E-state index contributed by atoms with van der Waals surface area (Å²) in [5.41, 5.74) is 4.09. The molecular weight excluding hydrogens is 397 g/mol. The van der Waals surface area contributed by atoms with Crippen LogP contribution in [0.25, 0.3) is 4.85 Å². The first-order valence-electron chi connectivity index (χ1n) is 10.6. The van der Waals surface area contributed by atoms with Gasteiger partial charge in [-0.05, 0) is 52.3 Å². The lowest BCUT2D eigenvalue weighted by Crippen LogP contribution is -2.15. The molecule has 0 aliphatic carbocycles. The van der Waals surface area contributed by atoms with Gasteiger partial charge in [0.2, 0.25) is 5.69 Å². The predicted molar refractivity (Wildman–Crippen MR) is 129 cm³/mol. The molecule has 0 aliphatic rings. The van der Waals surface area contributed by atoms with Crippen molar-refractivity contribution >= 4 is 22.7 Å². The normalized spacial score (nSPS) is 11.5. The molecule has 3 aromatic carbocycles. The van der Waals surface area contributed by atoms with E-state index in [4.69, 9.17) is 6.57 Å². The van der Waals surface area contributed by atoms with Crippen LogP contribution in [-0.4, -0.2) is 0 Å². The summed E-state index contributed by atoms with van der Waals surface area (Å²) in [5.74, 6) is -0.789. The number of anilines is 3. The summed E-state index contributed by atoms with van der Waals surface area (Å²) < 4.78 is 14.9. The van der Waals surface area contributed by atoms with Crippen molar-refractivity contribution in [3.05, 3.63) is 94.6 Å². The number of nitrogens with zero attached hydrogens (tertiary/aromatic N) is 3. The molecule has 0 N–H and O–H groups in total. The Morgan fingerprint density at radius 2 is 1.22 bits per heavy atom. The first-order valence-corrected chi connectivity index (χ1v) is 10.6. The highest BCUT2D eigenvalue weighted by Crippen LogP contribution is 2.40. The van der Waals surface area contributed by atoms with Crippen LogP contribution in [0.15, 0.2) is 60.7 Å². The molecule has 162 valence electrons. The van der Waals surface area contributed by atoms with E-state index in [1.165, 1.54) is 17.2 Å². The van der Waals surface area contributed by atoms with E-state index in [1.54, 1.807) is 6.07 Å². The zero-order valence-electron chi connectivity index (χ0n) is 19.5. The van der Waals surface area contributed by atoms with Gasteiger partial charge < -0.3 is 4.90 Å². The van der Waals surface area contributed by atoms with Crippen LogP contribution in [0.4, 0.5) is 27.1 Å². The first-order chi connectivity index (χ1) is 15.0. The molecule has 32 heavy (non-hydrogen) atoms. The molecule has 0 aromatic heterocycles. The molecule has 3 rings (SSSR count). The Kier molecular flexibility index (Phi) is 6.11. The fraction of sp³-hybridized carbons (Fsp3) is 0.286. The highest BCUT2D eigenvalue weighted by Gasteiger charge is 2.22. The molecule has 0 aliphatic heterocycles. The lowest BCUT2D eigenvalue weighted by atomic mass is 9.86. The lowest BCUT2D eigenvalue weighted by Gasteiger charge is -2.28. The van der Waals surface area contributed by atoms with Crippen LogP contribution in [0.3, 0.4) is 0 Å². The van der Waals surface area contributed by atoms with E-state index in [2.05, 4.69) is 70.7 Å². The van der Waals surface area contributed by atoms with Crippen LogP contribution in [0.1, 0.15) is 58.2 Å². The third-order valence-corrected chi connectivity index (χ3v) is 5.56. The maximum Gasteiger partial charge on any atom is 0.223 e. The van der Waals surface area contributed by atoms with Crippen LogP contribution in [0.5, 0.6) is 0 Å². The van der Waals surface area contributed by atoms with Crippen LogP contribution >= 0.6 is 0 Å². The van der Waals surface area contributed by atoms with E-state index >= 15 is 0 Å². The average molecular weight is 426 g/mol. The summed E-state index contributed by atoms with van der Waals surface area (Å²) in [6, 6.07) is 21.2. The monoisotopic (exact) mass is 425 g/mol.